The summed E-state index contributed by atoms with van der Waals surface area (Å²) in [6.45, 7) is 4.70. The smallest absolute Gasteiger partial charge is 0.246 e. The first-order chi connectivity index (χ1) is 11.6. The number of thiophene rings is 1. The molecule has 1 unspecified atom stereocenters. The molecule has 0 saturated carbocycles. The van der Waals surface area contributed by atoms with Crippen LogP contribution in [0.5, 0.6) is 0 Å². The van der Waals surface area contributed by atoms with E-state index in [1.807, 2.05) is 27.9 Å². The fraction of sp³-hybridized carbons (Fsp3) is 0.412. The summed E-state index contributed by atoms with van der Waals surface area (Å²) >= 11 is 7.51. The molecule has 0 radical (unpaired) electrons. The Hall–Kier alpha value is -1.63. The van der Waals surface area contributed by atoms with Gasteiger partial charge in [-0.25, -0.2) is 0 Å². The van der Waals surface area contributed by atoms with Gasteiger partial charge in [0, 0.05) is 16.1 Å². The van der Waals surface area contributed by atoms with E-state index in [0.29, 0.717) is 13.1 Å². The molecule has 0 fully saturated rings. The van der Waals surface area contributed by atoms with E-state index in [1.165, 1.54) is 17.4 Å². The summed E-state index contributed by atoms with van der Waals surface area (Å²) in [6, 6.07) is 3.78. The Morgan fingerprint density at radius 1 is 1.58 bits per heavy atom. The van der Waals surface area contributed by atoms with E-state index in [1.54, 1.807) is 0 Å². The molecule has 128 valence electrons. The zero-order valence-corrected chi connectivity index (χ0v) is 14.9. The lowest BCUT2D eigenvalue weighted by atomic mass is 9.91. The van der Waals surface area contributed by atoms with Crippen molar-refractivity contribution in [1.82, 2.24) is 14.7 Å². The number of carbonyl (C=O) groups is 1. The molecule has 7 heteroatoms. The van der Waals surface area contributed by atoms with Gasteiger partial charge in [0.25, 0.3) is 0 Å². The minimum Gasteiger partial charge on any atom is -0.394 e. The molecule has 1 atom stereocenters. The highest BCUT2D eigenvalue weighted by molar-refractivity contribution is 7.16. The highest BCUT2D eigenvalue weighted by atomic mass is 35.5. The van der Waals surface area contributed by atoms with Crippen LogP contribution in [0.4, 0.5) is 0 Å². The number of amides is 1. The zero-order chi connectivity index (χ0) is 17.1. The van der Waals surface area contributed by atoms with Gasteiger partial charge < -0.3 is 10.0 Å². The molecule has 0 spiro atoms. The number of aliphatic hydroxyl groups excluding tert-OH is 1. The number of aromatic nitrogens is 2. The second-order valence-corrected chi connectivity index (χ2v) is 7.58. The molecule has 2 aromatic heterocycles. The van der Waals surface area contributed by atoms with Crippen molar-refractivity contribution in [1.29, 1.82) is 0 Å². The van der Waals surface area contributed by atoms with Crippen molar-refractivity contribution < 1.29 is 9.90 Å². The molecule has 24 heavy (non-hydrogen) atoms. The molecule has 3 rings (SSSR count). The number of hydrogen-bond acceptors (Lipinski definition) is 4. The fourth-order valence-corrected chi connectivity index (χ4v) is 4.36. The van der Waals surface area contributed by atoms with Gasteiger partial charge in [0.05, 0.1) is 36.3 Å². The molecule has 1 aliphatic rings. The lowest BCUT2D eigenvalue weighted by Gasteiger charge is -2.33. The zero-order valence-electron chi connectivity index (χ0n) is 13.3. The number of aliphatic hydroxyl groups is 1. The van der Waals surface area contributed by atoms with Gasteiger partial charge >= 0.3 is 0 Å². The number of nitrogens with zero attached hydrogens (tertiary/aromatic N) is 3. The summed E-state index contributed by atoms with van der Waals surface area (Å²) in [7, 11) is 0. The Labute approximate surface area is 150 Å². The van der Waals surface area contributed by atoms with E-state index in [4.69, 9.17) is 11.6 Å². The van der Waals surface area contributed by atoms with E-state index in [2.05, 4.69) is 11.7 Å². The minimum atomic E-state index is -0.0905. The van der Waals surface area contributed by atoms with Crippen LogP contribution in [0, 0.1) is 0 Å². The number of fused-ring (bicyclic) bond motifs is 1. The van der Waals surface area contributed by atoms with E-state index in [9.17, 15) is 9.90 Å². The lowest BCUT2D eigenvalue weighted by Crippen LogP contribution is -2.35. The number of rotatable bonds is 6. The molecule has 0 saturated heterocycles. The standard InChI is InChI=1S/C17H20ClN3O2S/c1-2-17(23)20(11-12-6-7-16(18)24-12)14-4-3-5-15-13(14)10-19-21(15)8-9-22/h2,6-7,10,14,22H,1,3-5,8-9,11H2. The Kier molecular flexibility index (Phi) is 5.38. The van der Waals surface area contributed by atoms with E-state index in [0.717, 1.165) is 39.7 Å². The van der Waals surface area contributed by atoms with Gasteiger partial charge in [-0.05, 0) is 37.5 Å². The maximum Gasteiger partial charge on any atom is 0.246 e. The summed E-state index contributed by atoms with van der Waals surface area (Å²) in [4.78, 5) is 15.4. The van der Waals surface area contributed by atoms with Crippen molar-refractivity contribution in [3.63, 3.8) is 0 Å². The minimum absolute atomic E-state index is 0.0208. The van der Waals surface area contributed by atoms with Crippen LogP contribution in [0.1, 0.15) is 35.0 Å². The van der Waals surface area contributed by atoms with Gasteiger partial charge in [0.2, 0.25) is 5.91 Å². The van der Waals surface area contributed by atoms with E-state index >= 15 is 0 Å². The third kappa shape index (κ3) is 3.41. The molecular weight excluding hydrogens is 346 g/mol. The highest BCUT2D eigenvalue weighted by Gasteiger charge is 2.31. The first-order valence-corrected chi connectivity index (χ1v) is 9.16. The van der Waals surface area contributed by atoms with Gasteiger partial charge in [-0.1, -0.05) is 18.2 Å². The van der Waals surface area contributed by atoms with Crippen molar-refractivity contribution in [2.24, 2.45) is 0 Å². The van der Waals surface area contributed by atoms with E-state index in [-0.39, 0.29) is 18.6 Å². The van der Waals surface area contributed by atoms with E-state index < -0.39 is 0 Å². The lowest BCUT2D eigenvalue weighted by molar-refractivity contribution is -0.129. The molecular formula is C17H20ClN3O2S. The highest BCUT2D eigenvalue weighted by Crippen LogP contribution is 2.36. The maximum absolute atomic E-state index is 12.5. The predicted octanol–water partition coefficient (Wildman–Crippen LogP) is 3.18. The van der Waals surface area contributed by atoms with Crippen LogP contribution in [0.25, 0.3) is 0 Å². The largest absolute Gasteiger partial charge is 0.394 e. The molecule has 1 aliphatic carbocycles. The SMILES string of the molecule is C=CC(=O)N(Cc1ccc(Cl)s1)C1CCCc2c1cnn2CCO. The summed E-state index contributed by atoms with van der Waals surface area (Å²) in [5.41, 5.74) is 2.19. The van der Waals surface area contributed by atoms with Crippen molar-refractivity contribution in [2.45, 2.75) is 38.4 Å². The Balaban J connectivity index is 1.91. The number of carbonyl (C=O) groups excluding carboxylic acids is 1. The van der Waals surface area contributed by atoms with Crippen LogP contribution < -0.4 is 0 Å². The number of halogens is 1. The quantitative estimate of drug-likeness (QED) is 0.800. The van der Waals surface area contributed by atoms with Crippen molar-refractivity contribution in [2.75, 3.05) is 6.61 Å². The van der Waals surface area contributed by atoms with Crippen molar-refractivity contribution in [3.8, 4) is 0 Å². The molecule has 0 bridgehead atoms. The van der Waals surface area contributed by atoms with Gasteiger partial charge in [0.15, 0.2) is 0 Å². The van der Waals surface area contributed by atoms with Gasteiger partial charge in [-0.15, -0.1) is 11.3 Å². The summed E-state index contributed by atoms with van der Waals surface area (Å²) in [5.74, 6) is -0.0905. The van der Waals surface area contributed by atoms with Crippen molar-refractivity contribution >= 4 is 28.8 Å². The Morgan fingerprint density at radius 3 is 3.08 bits per heavy atom. The molecule has 1 N–H and O–H groups in total. The van der Waals surface area contributed by atoms with Crippen LogP contribution in [-0.4, -0.2) is 32.3 Å². The molecule has 2 heterocycles. The van der Waals surface area contributed by atoms with Crippen LogP contribution in [0.2, 0.25) is 4.34 Å². The van der Waals surface area contributed by atoms with Gasteiger partial charge in [-0.3, -0.25) is 9.48 Å². The fourth-order valence-electron chi connectivity index (χ4n) is 3.27. The maximum atomic E-state index is 12.5. The van der Waals surface area contributed by atoms with Gasteiger partial charge in [0.1, 0.15) is 0 Å². The molecule has 2 aromatic rings. The molecule has 0 aliphatic heterocycles. The average Bonchev–Trinajstić information content (AvgIpc) is 3.19. The summed E-state index contributed by atoms with van der Waals surface area (Å²) in [5, 5.41) is 13.6. The molecule has 0 aromatic carbocycles. The van der Waals surface area contributed by atoms with Crippen molar-refractivity contribution in [3.05, 3.63) is 51.5 Å². The monoisotopic (exact) mass is 365 g/mol. The third-order valence-electron chi connectivity index (χ3n) is 4.33. The van der Waals surface area contributed by atoms with Gasteiger partial charge in [-0.2, -0.15) is 5.10 Å². The second kappa shape index (κ2) is 7.51. The first-order valence-electron chi connectivity index (χ1n) is 7.96. The summed E-state index contributed by atoms with van der Waals surface area (Å²) < 4.78 is 2.57. The number of hydrogen-bond donors (Lipinski definition) is 1. The van der Waals surface area contributed by atoms with Crippen LogP contribution in [0.15, 0.2) is 31.0 Å². The Bertz CT molecular complexity index is 740. The topological polar surface area (TPSA) is 58.4 Å². The summed E-state index contributed by atoms with van der Waals surface area (Å²) in [6.07, 6.45) is 6.01. The predicted molar refractivity (Wildman–Crippen MR) is 95.1 cm³/mol. The Morgan fingerprint density at radius 2 is 2.42 bits per heavy atom. The average molecular weight is 366 g/mol. The molecule has 1 amide bonds. The first kappa shape index (κ1) is 17.2. The molecule has 5 nitrogen and oxygen atoms in total. The van der Waals surface area contributed by atoms with Crippen LogP contribution in [0.3, 0.4) is 0 Å². The second-order valence-electron chi connectivity index (χ2n) is 5.78. The van der Waals surface area contributed by atoms with Crippen LogP contribution >= 0.6 is 22.9 Å². The van der Waals surface area contributed by atoms with Crippen LogP contribution in [-0.2, 0) is 24.3 Å². The normalized spacial score (nSPS) is 16.7. The third-order valence-corrected chi connectivity index (χ3v) is 5.55.